The Kier molecular flexibility index (Phi) is 7.23. The molecule has 0 radical (unpaired) electrons. The molecule has 0 fully saturated rings. The highest BCUT2D eigenvalue weighted by atomic mass is 15.3. The Morgan fingerprint density at radius 3 is 2.00 bits per heavy atom. The van der Waals surface area contributed by atoms with Crippen LogP contribution in [0.2, 0.25) is 0 Å². The lowest BCUT2D eigenvalue weighted by Gasteiger charge is -2.32. The van der Waals surface area contributed by atoms with Crippen molar-refractivity contribution in [3.05, 3.63) is 182 Å². The maximum absolute atomic E-state index is 3.46. The molecular weight excluding hydrogens is 546 g/mol. The molecule has 3 nitrogen and oxygen atoms in total. The van der Waals surface area contributed by atoms with Gasteiger partial charge in [-0.1, -0.05) is 124 Å². The van der Waals surface area contributed by atoms with E-state index in [2.05, 4.69) is 169 Å². The number of para-hydroxylation sites is 2. The van der Waals surface area contributed by atoms with Crippen molar-refractivity contribution < 1.29 is 0 Å². The molecule has 8 rings (SSSR count). The zero-order valence-electron chi connectivity index (χ0n) is 25.9. The van der Waals surface area contributed by atoms with Crippen LogP contribution < -0.4 is 4.90 Å². The predicted octanol–water partition coefficient (Wildman–Crippen LogP) is 10.8. The maximum atomic E-state index is 3.46. The summed E-state index contributed by atoms with van der Waals surface area (Å²) in [4.78, 5) is 2.43. The van der Waals surface area contributed by atoms with Crippen LogP contribution in [-0.4, -0.2) is 9.13 Å². The smallest absolute Gasteiger partial charge is 0.118 e. The van der Waals surface area contributed by atoms with E-state index in [9.17, 15) is 0 Å². The molecule has 6 aromatic rings. The second-order valence-electron chi connectivity index (χ2n) is 12.0. The number of aromatic nitrogens is 2. The molecule has 2 aromatic heterocycles. The summed E-state index contributed by atoms with van der Waals surface area (Å²) in [5, 5.41) is 0. The molecule has 3 heteroatoms. The van der Waals surface area contributed by atoms with Crippen molar-refractivity contribution in [2.45, 2.75) is 25.8 Å². The van der Waals surface area contributed by atoms with E-state index in [1.807, 2.05) is 12.2 Å². The van der Waals surface area contributed by atoms with Gasteiger partial charge >= 0.3 is 0 Å². The topological polar surface area (TPSA) is 13.1 Å². The van der Waals surface area contributed by atoms with Gasteiger partial charge in [-0.25, -0.2) is 0 Å². The largest absolute Gasteiger partial charge is 0.321 e. The quantitative estimate of drug-likeness (QED) is 0.184. The number of nitrogens with zero attached hydrogens (tertiary/aromatic N) is 3. The Balaban J connectivity index is 0.000000497. The number of hydrogen-bond donors (Lipinski definition) is 0. The number of allylic oxidation sites excluding steroid dienone is 4. The van der Waals surface area contributed by atoms with Gasteiger partial charge in [0.05, 0.1) is 23.6 Å². The van der Waals surface area contributed by atoms with Crippen LogP contribution in [0.15, 0.2) is 165 Å². The molecule has 0 atom stereocenters. The van der Waals surface area contributed by atoms with Gasteiger partial charge in [-0.15, -0.1) is 0 Å². The molecule has 0 saturated heterocycles. The lowest BCUT2D eigenvalue weighted by molar-refractivity contribution is 0.660. The molecule has 0 unspecified atom stereocenters. The fourth-order valence-electron chi connectivity index (χ4n) is 6.84. The Morgan fingerprint density at radius 2 is 1.29 bits per heavy atom. The lowest BCUT2D eigenvalue weighted by Crippen LogP contribution is -2.26. The summed E-state index contributed by atoms with van der Waals surface area (Å²) in [6, 6.07) is 44.1. The number of rotatable bonds is 5. The molecule has 0 amide bonds. The molecule has 220 valence electrons. The van der Waals surface area contributed by atoms with Crippen LogP contribution in [0.4, 0.5) is 11.5 Å². The van der Waals surface area contributed by atoms with Crippen molar-refractivity contribution in [3.63, 3.8) is 0 Å². The summed E-state index contributed by atoms with van der Waals surface area (Å²) >= 11 is 0. The third-order valence-corrected chi connectivity index (χ3v) is 9.02. The molecule has 0 bridgehead atoms. The highest BCUT2D eigenvalue weighted by molar-refractivity contribution is 5.84. The Bertz CT molecular complexity index is 2030. The fourth-order valence-corrected chi connectivity index (χ4v) is 6.84. The third kappa shape index (κ3) is 4.78. The van der Waals surface area contributed by atoms with E-state index in [4.69, 9.17) is 0 Å². The van der Waals surface area contributed by atoms with E-state index in [-0.39, 0.29) is 5.41 Å². The Hall–Kier alpha value is -5.54. The van der Waals surface area contributed by atoms with E-state index in [0.29, 0.717) is 0 Å². The van der Waals surface area contributed by atoms with Crippen LogP contribution in [0.25, 0.3) is 33.8 Å². The summed E-state index contributed by atoms with van der Waals surface area (Å²) in [6.45, 7) is 12.4. The van der Waals surface area contributed by atoms with Crippen molar-refractivity contribution in [3.8, 4) is 33.8 Å². The first-order chi connectivity index (χ1) is 22.0. The van der Waals surface area contributed by atoms with Gasteiger partial charge in [0.2, 0.25) is 0 Å². The summed E-state index contributed by atoms with van der Waals surface area (Å²) in [5.41, 5.74) is 12.8. The first-order valence-electron chi connectivity index (χ1n) is 15.5. The van der Waals surface area contributed by atoms with Gasteiger partial charge in [0.25, 0.3) is 0 Å². The first kappa shape index (κ1) is 28.2. The van der Waals surface area contributed by atoms with Crippen LogP contribution in [0, 0.1) is 0 Å². The molecule has 45 heavy (non-hydrogen) atoms. The molecule has 0 saturated carbocycles. The van der Waals surface area contributed by atoms with E-state index in [1.165, 1.54) is 62.1 Å². The van der Waals surface area contributed by atoms with Gasteiger partial charge in [0, 0.05) is 23.0 Å². The first-order valence-corrected chi connectivity index (χ1v) is 15.5. The fraction of sp³-hybridized carbons (Fsp3) is 0.0952. The van der Waals surface area contributed by atoms with Crippen molar-refractivity contribution in [1.29, 1.82) is 0 Å². The molecular formula is C42H37N3. The number of fused-ring (bicyclic) bond motifs is 6. The molecule has 1 aliphatic heterocycles. The average Bonchev–Trinajstić information content (AvgIpc) is 3.78. The van der Waals surface area contributed by atoms with Gasteiger partial charge in [0.1, 0.15) is 5.82 Å². The Labute approximate surface area is 266 Å². The second-order valence-corrected chi connectivity index (χ2v) is 12.0. The number of anilines is 2. The molecule has 2 aliphatic rings. The minimum atomic E-state index is -0.0306. The summed E-state index contributed by atoms with van der Waals surface area (Å²) in [7, 11) is 0. The standard InChI is InChI=1S/C36H29N3.C6H8/c1-36(2)30-16-10-9-15-28(30)29-18-17-25(23-31(29)36)32-19-20-35-38(27-13-7-4-8-14-27)24-34-33(39(32)35)21-22-37(34)26-11-5-3-6-12-26;1-3-5-6-4-2/h3-23H,24H2,1-2H3;3-6H,1-2H2/b;6-5-. The van der Waals surface area contributed by atoms with Gasteiger partial charge in [0.15, 0.2) is 0 Å². The van der Waals surface area contributed by atoms with Crippen molar-refractivity contribution in [2.75, 3.05) is 4.90 Å². The van der Waals surface area contributed by atoms with Crippen LogP contribution in [-0.2, 0) is 12.0 Å². The van der Waals surface area contributed by atoms with Crippen LogP contribution in [0.3, 0.4) is 0 Å². The Morgan fingerprint density at radius 1 is 0.644 bits per heavy atom. The number of hydrogen-bond acceptors (Lipinski definition) is 1. The van der Waals surface area contributed by atoms with Gasteiger partial charge in [-0.3, -0.25) is 4.57 Å². The highest BCUT2D eigenvalue weighted by Gasteiger charge is 2.36. The zero-order valence-corrected chi connectivity index (χ0v) is 25.9. The molecule has 3 heterocycles. The van der Waals surface area contributed by atoms with Crippen molar-refractivity contribution in [1.82, 2.24) is 9.13 Å². The second kappa shape index (κ2) is 11.5. The van der Waals surface area contributed by atoms with E-state index >= 15 is 0 Å². The van der Waals surface area contributed by atoms with Crippen LogP contribution in [0.5, 0.6) is 0 Å². The SMILES string of the molecule is C=C/C=C\C=C.CC1(C)c2ccccc2-c2ccc(-c3ccc4n3-c3ccn(-c5ccccc5)c3CN4c3ccccc3)cc21. The minimum absolute atomic E-state index is 0.0306. The van der Waals surface area contributed by atoms with Crippen molar-refractivity contribution in [2.24, 2.45) is 0 Å². The van der Waals surface area contributed by atoms with Crippen molar-refractivity contribution >= 4 is 11.5 Å². The maximum Gasteiger partial charge on any atom is 0.118 e. The zero-order chi connectivity index (χ0) is 31.0. The summed E-state index contributed by atoms with van der Waals surface area (Å²) < 4.78 is 4.78. The summed E-state index contributed by atoms with van der Waals surface area (Å²) in [6.07, 6.45) is 9.29. The van der Waals surface area contributed by atoms with Crippen LogP contribution in [0.1, 0.15) is 30.7 Å². The van der Waals surface area contributed by atoms with E-state index < -0.39 is 0 Å². The molecule has 0 spiro atoms. The number of benzene rings is 4. The van der Waals surface area contributed by atoms with Crippen LogP contribution >= 0.6 is 0 Å². The summed E-state index contributed by atoms with van der Waals surface area (Å²) in [5.74, 6) is 1.19. The minimum Gasteiger partial charge on any atom is -0.321 e. The molecule has 0 N–H and O–H groups in total. The lowest BCUT2D eigenvalue weighted by atomic mass is 9.82. The van der Waals surface area contributed by atoms with E-state index in [0.717, 1.165) is 6.54 Å². The van der Waals surface area contributed by atoms with Gasteiger partial charge < -0.3 is 9.47 Å². The predicted molar refractivity (Wildman–Crippen MR) is 190 cm³/mol. The normalized spacial score (nSPS) is 13.7. The average molecular weight is 584 g/mol. The molecule has 4 aromatic carbocycles. The highest BCUT2D eigenvalue weighted by Crippen LogP contribution is 2.50. The monoisotopic (exact) mass is 583 g/mol. The third-order valence-electron chi connectivity index (χ3n) is 9.02. The molecule has 1 aliphatic carbocycles. The van der Waals surface area contributed by atoms with Gasteiger partial charge in [-0.05, 0) is 76.3 Å². The van der Waals surface area contributed by atoms with E-state index in [1.54, 1.807) is 12.2 Å². The van der Waals surface area contributed by atoms with Gasteiger partial charge in [-0.2, -0.15) is 0 Å².